The predicted molar refractivity (Wildman–Crippen MR) is 67.0 cm³/mol. The first-order valence-electron chi connectivity index (χ1n) is 5.33. The van der Waals surface area contributed by atoms with Gasteiger partial charge in [-0.05, 0) is 56.6 Å². The van der Waals surface area contributed by atoms with Crippen LogP contribution in [-0.4, -0.2) is 21.9 Å². The smallest absolute Gasteiger partial charge is 0.0632 e. The van der Waals surface area contributed by atoms with Gasteiger partial charge in [-0.25, -0.2) is 0 Å². The Balaban J connectivity index is 2.34. The van der Waals surface area contributed by atoms with E-state index in [2.05, 4.69) is 54.0 Å². The van der Waals surface area contributed by atoms with Crippen molar-refractivity contribution in [1.29, 1.82) is 0 Å². The molecule has 0 aliphatic rings. The zero-order chi connectivity index (χ0) is 11.5. The molecule has 0 amide bonds. The lowest BCUT2D eigenvalue weighted by atomic mass is 10.1. The monoisotopic (exact) mass is 273 g/mol. The summed E-state index contributed by atoms with van der Waals surface area (Å²) in [7, 11) is 0. The number of aromatic nitrogens is 2. The van der Waals surface area contributed by atoms with Crippen molar-refractivity contribution in [2.24, 2.45) is 0 Å². The van der Waals surface area contributed by atoms with Crippen LogP contribution in [0.2, 0.25) is 0 Å². The van der Waals surface area contributed by atoms with Gasteiger partial charge in [0.2, 0.25) is 0 Å². The van der Waals surface area contributed by atoms with Crippen LogP contribution < -0.4 is 5.32 Å². The standard InChI is InChI=1S/C11H20BrN3/c1-9(5-6-13-11(2,3)4)15-8-10(12)7-14-15/h7-9,13H,5-6H2,1-4H3. The molecule has 0 bridgehead atoms. The van der Waals surface area contributed by atoms with E-state index in [1.807, 2.05) is 17.1 Å². The quantitative estimate of drug-likeness (QED) is 0.914. The third-order valence-corrected chi connectivity index (χ3v) is 2.65. The van der Waals surface area contributed by atoms with Crippen LogP contribution in [0.3, 0.4) is 0 Å². The number of rotatable bonds is 4. The van der Waals surface area contributed by atoms with Crippen LogP contribution in [0.1, 0.15) is 40.2 Å². The molecule has 15 heavy (non-hydrogen) atoms. The minimum absolute atomic E-state index is 0.199. The van der Waals surface area contributed by atoms with E-state index < -0.39 is 0 Å². The first kappa shape index (κ1) is 12.7. The largest absolute Gasteiger partial charge is 0.312 e. The van der Waals surface area contributed by atoms with E-state index in [9.17, 15) is 0 Å². The van der Waals surface area contributed by atoms with E-state index in [1.165, 1.54) is 0 Å². The predicted octanol–water partition coefficient (Wildman–Crippen LogP) is 2.98. The van der Waals surface area contributed by atoms with Crippen molar-refractivity contribution in [3.05, 3.63) is 16.9 Å². The fraction of sp³-hybridized carbons (Fsp3) is 0.727. The second-order valence-electron chi connectivity index (χ2n) is 4.95. The molecule has 1 atom stereocenters. The average Bonchev–Trinajstić information content (AvgIpc) is 2.49. The second kappa shape index (κ2) is 5.12. The fourth-order valence-corrected chi connectivity index (χ4v) is 1.65. The van der Waals surface area contributed by atoms with Gasteiger partial charge in [-0.1, -0.05) is 0 Å². The topological polar surface area (TPSA) is 29.9 Å². The summed E-state index contributed by atoms with van der Waals surface area (Å²) < 4.78 is 3.03. The minimum atomic E-state index is 0.199. The first-order chi connectivity index (χ1) is 6.88. The Morgan fingerprint density at radius 1 is 1.53 bits per heavy atom. The van der Waals surface area contributed by atoms with Gasteiger partial charge in [0.1, 0.15) is 0 Å². The maximum absolute atomic E-state index is 4.27. The summed E-state index contributed by atoms with van der Waals surface area (Å²) in [5.41, 5.74) is 0.199. The molecule has 1 unspecified atom stereocenters. The van der Waals surface area contributed by atoms with Crippen LogP contribution in [-0.2, 0) is 0 Å². The van der Waals surface area contributed by atoms with E-state index in [1.54, 1.807) is 0 Å². The molecule has 0 radical (unpaired) electrons. The van der Waals surface area contributed by atoms with Crippen molar-refractivity contribution in [1.82, 2.24) is 15.1 Å². The molecular weight excluding hydrogens is 254 g/mol. The Kier molecular flexibility index (Phi) is 4.34. The third kappa shape index (κ3) is 4.80. The Morgan fingerprint density at radius 3 is 2.67 bits per heavy atom. The van der Waals surface area contributed by atoms with Gasteiger partial charge in [0.15, 0.2) is 0 Å². The van der Waals surface area contributed by atoms with Gasteiger partial charge in [0.05, 0.1) is 16.7 Å². The van der Waals surface area contributed by atoms with Gasteiger partial charge >= 0.3 is 0 Å². The molecule has 0 aromatic carbocycles. The van der Waals surface area contributed by atoms with E-state index in [4.69, 9.17) is 0 Å². The summed E-state index contributed by atoms with van der Waals surface area (Å²) in [6.45, 7) is 9.75. The number of halogens is 1. The molecular formula is C11H20BrN3. The second-order valence-corrected chi connectivity index (χ2v) is 5.87. The summed E-state index contributed by atoms with van der Waals surface area (Å²) in [5.74, 6) is 0. The van der Waals surface area contributed by atoms with E-state index in [0.29, 0.717) is 6.04 Å². The highest BCUT2D eigenvalue weighted by Crippen LogP contribution is 2.14. The van der Waals surface area contributed by atoms with Crippen LogP contribution in [0.15, 0.2) is 16.9 Å². The molecule has 0 aliphatic heterocycles. The van der Waals surface area contributed by atoms with Gasteiger partial charge in [-0.2, -0.15) is 5.10 Å². The third-order valence-electron chi connectivity index (χ3n) is 2.24. The molecule has 0 saturated heterocycles. The van der Waals surface area contributed by atoms with Crippen LogP contribution in [0, 0.1) is 0 Å². The molecule has 4 heteroatoms. The summed E-state index contributed by atoms with van der Waals surface area (Å²) in [5, 5.41) is 7.75. The van der Waals surface area contributed by atoms with Gasteiger partial charge in [0.25, 0.3) is 0 Å². The van der Waals surface area contributed by atoms with Crippen molar-refractivity contribution in [3.63, 3.8) is 0 Å². The lowest BCUT2D eigenvalue weighted by molar-refractivity contribution is 0.380. The molecule has 0 aliphatic carbocycles. The van der Waals surface area contributed by atoms with Crippen LogP contribution in [0.4, 0.5) is 0 Å². The molecule has 1 aromatic heterocycles. The molecule has 86 valence electrons. The van der Waals surface area contributed by atoms with Crippen LogP contribution in [0.5, 0.6) is 0 Å². The molecule has 1 N–H and O–H groups in total. The first-order valence-corrected chi connectivity index (χ1v) is 6.12. The van der Waals surface area contributed by atoms with Crippen molar-refractivity contribution in [2.75, 3.05) is 6.54 Å². The maximum atomic E-state index is 4.27. The molecule has 1 rings (SSSR count). The lowest BCUT2D eigenvalue weighted by Crippen LogP contribution is -2.37. The van der Waals surface area contributed by atoms with Crippen LogP contribution in [0.25, 0.3) is 0 Å². The Labute approximate surface area is 100 Å². The Hall–Kier alpha value is -0.350. The number of nitrogens with zero attached hydrogens (tertiary/aromatic N) is 2. The Bertz CT molecular complexity index is 301. The van der Waals surface area contributed by atoms with Gasteiger partial charge < -0.3 is 5.32 Å². The van der Waals surface area contributed by atoms with Crippen molar-refractivity contribution < 1.29 is 0 Å². The highest BCUT2D eigenvalue weighted by molar-refractivity contribution is 9.10. The molecule has 1 heterocycles. The summed E-state index contributed by atoms with van der Waals surface area (Å²) in [6, 6.07) is 0.436. The number of nitrogens with one attached hydrogen (secondary N) is 1. The van der Waals surface area contributed by atoms with Crippen LogP contribution >= 0.6 is 15.9 Å². The highest BCUT2D eigenvalue weighted by Gasteiger charge is 2.10. The zero-order valence-corrected chi connectivity index (χ0v) is 11.5. The normalized spacial score (nSPS) is 14.2. The van der Waals surface area contributed by atoms with E-state index in [-0.39, 0.29) is 5.54 Å². The van der Waals surface area contributed by atoms with E-state index in [0.717, 1.165) is 17.4 Å². The van der Waals surface area contributed by atoms with Crippen molar-refractivity contribution >= 4 is 15.9 Å². The number of hydrogen-bond acceptors (Lipinski definition) is 2. The minimum Gasteiger partial charge on any atom is -0.312 e. The maximum Gasteiger partial charge on any atom is 0.0632 e. The van der Waals surface area contributed by atoms with Crippen molar-refractivity contribution in [2.45, 2.75) is 45.7 Å². The molecule has 0 spiro atoms. The molecule has 0 saturated carbocycles. The summed E-state index contributed by atoms with van der Waals surface area (Å²) in [6.07, 6.45) is 4.93. The van der Waals surface area contributed by atoms with E-state index >= 15 is 0 Å². The number of hydrogen-bond donors (Lipinski definition) is 1. The SMILES string of the molecule is CC(CCNC(C)(C)C)n1cc(Br)cn1. The van der Waals surface area contributed by atoms with Crippen molar-refractivity contribution in [3.8, 4) is 0 Å². The average molecular weight is 274 g/mol. The fourth-order valence-electron chi connectivity index (χ4n) is 1.34. The zero-order valence-electron chi connectivity index (χ0n) is 9.92. The van der Waals surface area contributed by atoms with Gasteiger partial charge in [0, 0.05) is 11.7 Å². The summed E-state index contributed by atoms with van der Waals surface area (Å²) >= 11 is 3.40. The summed E-state index contributed by atoms with van der Waals surface area (Å²) in [4.78, 5) is 0. The molecule has 0 fully saturated rings. The molecule has 1 aromatic rings. The van der Waals surface area contributed by atoms with Gasteiger partial charge in [-0.3, -0.25) is 4.68 Å². The molecule has 3 nitrogen and oxygen atoms in total. The Morgan fingerprint density at radius 2 is 2.20 bits per heavy atom. The van der Waals surface area contributed by atoms with Gasteiger partial charge in [-0.15, -0.1) is 0 Å². The lowest BCUT2D eigenvalue weighted by Gasteiger charge is -2.22. The highest BCUT2D eigenvalue weighted by atomic mass is 79.9.